The number of amides is 1. The van der Waals surface area contributed by atoms with E-state index >= 15 is 0 Å². The van der Waals surface area contributed by atoms with E-state index in [4.69, 9.17) is 16.3 Å². The second-order valence-electron chi connectivity index (χ2n) is 3.78. The van der Waals surface area contributed by atoms with Crippen LogP contribution >= 0.6 is 34.2 Å². The summed E-state index contributed by atoms with van der Waals surface area (Å²) >= 11 is 8.05. The highest BCUT2D eigenvalue weighted by atomic mass is 127. The monoisotopic (exact) mass is 387 g/mol. The first-order valence-corrected chi connectivity index (χ1v) is 6.97. The standard InChI is InChI=1S/C14H11ClINO2/c1-19-13-7-6-9(15)8-12(13)17-14(18)10-4-2-3-5-11(10)16/h2-8H,1H3,(H,17,18). The predicted octanol–water partition coefficient (Wildman–Crippen LogP) is 4.21. The van der Waals surface area contributed by atoms with E-state index in [9.17, 15) is 4.79 Å². The van der Waals surface area contributed by atoms with E-state index in [1.165, 1.54) is 0 Å². The molecule has 0 saturated carbocycles. The minimum Gasteiger partial charge on any atom is -0.495 e. The van der Waals surface area contributed by atoms with E-state index in [1.54, 1.807) is 31.4 Å². The summed E-state index contributed by atoms with van der Waals surface area (Å²) in [6.07, 6.45) is 0. The topological polar surface area (TPSA) is 38.3 Å². The first kappa shape index (κ1) is 14.1. The highest BCUT2D eigenvalue weighted by molar-refractivity contribution is 14.1. The Balaban J connectivity index is 2.29. The maximum Gasteiger partial charge on any atom is 0.256 e. The number of methoxy groups -OCH3 is 1. The molecule has 0 fully saturated rings. The molecule has 0 aliphatic rings. The molecule has 0 aliphatic heterocycles. The van der Waals surface area contributed by atoms with Crippen molar-refractivity contribution in [1.29, 1.82) is 0 Å². The van der Waals surface area contributed by atoms with Gasteiger partial charge in [0.15, 0.2) is 0 Å². The summed E-state index contributed by atoms with van der Waals surface area (Å²) in [7, 11) is 1.55. The number of hydrogen-bond donors (Lipinski definition) is 1. The molecule has 0 aliphatic carbocycles. The van der Waals surface area contributed by atoms with Crippen LogP contribution in [-0.2, 0) is 0 Å². The van der Waals surface area contributed by atoms with E-state index in [0.29, 0.717) is 22.0 Å². The van der Waals surface area contributed by atoms with Crippen LogP contribution in [0, 0.1) is 3.57 Å². The molecular formula is C14H11ClINO2. The van der Waals surface area contributed by atoms with Gasteiger partial charge in [-0.05, 0) is 52.9 Å². The number of carbonyl (C=O) groups is 1. The van der Waals surface area contributed by atoms with Crippen LogP contribution in [0.2, 0.25) is 5.02 Å². The van der Waals surface area contributed by atoms with E-state index in [1.807, 2.05) is 18.2 Å². The minimum atomic E-state index is -0.189. The Morgan fingerprint density at radius 3 is 2.68 bits per heavy atom. The van der Waals surface area contributed by atoms with Crippen LogP contribution in [0.15, 0.2) is 42.5 Å². The van der Waals surface area contributed by atoms with Gasteiger partial charge in [0, 0.05) is 8.59 Å². The summed E-state index contributed by atoms with van der Waals surface area (Å²) in [6.45, 7) is 0. The molecule has 0 unspecified atom stereocenters. The van der Waals surface area contributed by atoms with Crippen LogP contribution in [0.4, 0.5) is 5.69 Å². The Labute approximate surface area is 130 Å². The lowest BCUT2D eigenvalue weighted by molar-refractivity contribution is 0.102. The summed E-state index contributed by atoms with van der Waals surface area (Å²) in [5.74, 6) is 0.384. The zero-order valence-electron chi connectivity index (χ0n) is 10.1. The molecule has 19 heavy (non-hydrogen) atoms. The minimum absolute atomic E-state index is 0.189. The van der Waals surface area contributed by atoms with Crippen LogP contribution in [0.5, 0.6) is 5.75 Å². The Morgan fingerprint density at radius 2 is 2.00 bits per heavy atom. The number of rotatable bonds is 3. The van der Waals surface area contributed by atoms with E-state index in [0.717, 1.165) is 3.57 Å². The smallest absolute Gasteiger partial charge is 0.256 e. The Hall–Kier alpha value is -1.27. The molecule has 0 heterocycles. The molecule has 0 saturated heterocycles. The third kappa shape index (κ3) is 3.39. The quantitative estimate of drug-likeness (QED) is 0.802. The summed E-state index contributed by atoms with van der Waals surface area (Å²) < 4.78 is 6.08. The van der Waals surface area contributed by atoms with Crippen molar-refractivity contribution < 1.29 is 9.53 Å². The third-order valence-electron chi connectivity index (χ3n) is 2.53. The van der Waals surface area contributed by atoms with Gasteiger partial charge in [-0.1, -0.05) is 23.7 Å². The molecule has 2 aromatic rings. The van der Waals surface area contributed by atoms with E-state index in [-0.39, 0.29) is 5.91 Å². The first-order chi connectivity index (χ1) is 9.11. The zero-order chi connectivity index (χ0) is 13.8. The van der Waals surface area contributed by atoms with Crippen LogP contribution < -0.4 is 10.1 Å². The van der Waals surface area contributed by atoms with Gasteiger partial charge in [0.05, 0.1) is 18.4 Å². The molecular weight excluding hydrogens is 377 g/mol. The maximum atomic E-state index is 12.2. The maximum absolute atomic E-state index is 12.2. The van der Waals surface area contributed by atoms with Crippen LogP contribution in [0.1, 0.15) is 10.4 Å². The van der Waals surface area contributed by atoms with Crippen LogP contribution in [-0.4, -0.2) is 13.0 Å². The molecule has 1 N–H and O–H groups in total. The van der Waals surface area contributed by atoms with Gasteiger partial charge < -0.3 is 10.1 Å². The van der Waals surface area contributed by atoms with Gasteiger partial charge in [0.1, 0.15) is 5.75 Å². The summed E-state index contributed by atoms with van der Waals surface area (Å²) in [6, 6.07) is 12.5. The molecule has 5 heteroatoms. The van der Waals surface area contributed by atoms with Crippen molar-refractivity contribution in [2.75, 3.05) is 12.4 Å². The Bertz CT molecular complexity index is 616. The van der Waals surface area contributed by atoms with Crippen molar-refractivity contribution in [1.82, 2.24) is 0 Å². The van der Waals surface area contributed by atoms with Crippen molar-refractivity contribution in [2.24, 2.45) is 0 Å². The first-order valence-electron chi connectivity index (χ1n) is 5.51. The molecule has 0 atom stereocenters. The second kappa shape index (κ2) is 6.25. The highest BCUT2D eigenvalue weighted by Crippen LogP contribution is 2.28. The molecule has 3 nitrogen and oxygen atoms in total. The van der Waals surface area contributed by atoms with Crippen molar-refractivity contribution in [3.05, 3.63) is 56.6 Å². The number of carbonyl (C=O) groups excluding carboxylic acids is 1. The fraction of sp³-hybridized carbons (Fsp3) is 0.0714. The number of anilines is 1. The van der Waals surface area contributed by atoms with Crippen LogP contribution in [0.25, 0.3) is 0 Å². The van der Waals surface area contributed by atoms with Crippen LogP contribution in [0.3, 0.4) is 0 Å². The van der Waals surface area contributed by atoms with Gasteiger partial charge in [0.2, 0.25) is 0 Å². The Morgan fingerprint density at radius 1 is 1.26 bits per heavy atom. The lowest BCUT2D eigenvalue weighted by Gasteiger charge is -2.11. The third-order valence-corrected chi connectivity index (χ3v) is 3.70. The van der Waals surface area contributed by atoms with Crippen molar-refractivity contribution in [3.8, 4) is 5.75 Å². The summed E-state index contributed by atoms with van der Waals surface area (Å²) in [4.78, 5) is 12.2. The lowest BCUT2D eigenvalue weighted by atomic mass is 10.2. The molecule has 0 bridgehead atoms. The molecule has 98 valence electrons. The van der Waals surface area contributed by atoms with Gasteiger partial charge in [0.25, 0.3) is 5.91 Å². The van der Waals surface area contributed by atoms with E-state index < -0.39 is 0 Å². The number of nitrogens with one attached hydrogen (secondary N) is 1. The fourth-order valence-electron chi connectivity index (χ4n) is 1.61. The average molecular weight is 388 g/mol. The second-order valence-corrected chi connectivity index (χ2v) is 5.38. The van der Waals surface area contributed by atoms with Gasteiger partial charge in [-0.15, -0.1) is 0 Å². The number of benzene rings is 2. The SMILES string of the molecule is COc1ccc(Cl)cc1NC(=O)c1ccccc1I. The molecule has 0 radical (unpaired) electrons. The van der Waals surface area contributed by atoms with Crippen molar-refractivity contribution in [2.45, 2.75) is 0 Å². The van der Waals surface area contributed by atoms with E-state index in [2.05, 4.69) is 27.9 Å². The normalized spacial score (nSPS) is 10.1. The molecule has 2 aromatic carbocycles. The lowest BCUT2D eigenvalue weighted by Crippen LogP contribution is -2.14. The number of ether oxygens (including phenoxy) is 1. The van der Waals surface area contributed by atoms with Gasteiger partial charge in [-0.3, -0.25) is 4.79 Å². The fourth-order valence-corrected chi connectivity index (χ4v) is 2.42. The highest BCUT2D eigenvalue weighted by Gasteiger charge is 2.12. The largest absolute Gasteiger partial charge is 0.495 e. The average Bonchev–Trinajstić information content (AvgIpc) is 2.39. The molecule has 1 amide bonds. The Kier molecular flexibility index (Phi) is 4.66. The van der Waals surface area contributed by atoms with Gasteiger partial charge in [-0.25, -0.2) is 0 Å². The van der Waals surface area contributed by atoms with Crippen molar-refractivity contribution in [3.63, 3.8) is 0 Å². The molecule has 0 spiro atoms. The van der Waals surface area contributed by atoms with Gasteiger partial charge >= 0.3 is 0 Å². The molecule has 0 aromatic heterocycles. The van der Waals surface area contributed by atoms with Crippen molar-refractivity contribution >= 4 is 45.8 Å². The zero-order valence-corrected chi connectivity index (χ0v) is 13.0. The summed E-state index contributed by atoms with van der Waals surface area (Å²) in [5, 5.41) is 3.35. The predicted molar refractivity (Wildman–Crippen MR) is 85.1 cm³/mol. The number of halogens is 2. The summed E-state index contributed by atoms with van der Waals surface area (Å²) in [5.41, 5.74) is 1.17. The number of hydrogen-bond acceptors (Lipinski definition) is 2. The molecule has 2 rings (SSSR count). The van der Waals surface area contributed by atoms with Gasteiger partial charge in [-0.2, -0.15) is 0 Å².